The van der Waals surface area contributed by atoms with Crippen molar-refractivity contribution in [2.24, 2.45) is 0 Å². The van der Waals surface area contributed by atoms with Gasteiger partial charge in [-0.25, -0.2) is 4.98 Å². The van der Waals surface area contributed by atoms with E-state index in [9.17, 15) is 4.79 Å². The first-order valence-electron chi connectivity index (χ1n) is 10.7. The minimum atomic E-state index is -0.227. The Kier molecular flexibility index (Phi) is 5.40. The Morgan fingerprint density at radius 3 is 2.15 bits per heavy atom. The third-order valence-corrected chi connectivity index (χ3v) is 6.74. The number of carbonyl (C=O) groups is 1. The zero-order valence-electron chi connectivity index (χ0n) is 18.4. The summed E-state index contributed by atoms with van der Waals surface area (Å²) in [5, 5.41) is 3.78. The van der Waals surface area contributed by atoms with Gasteiger partial charge in [-0.1, -0.05) is 77.9 Å². The number of hydrogen-bond acceptors (Lipinski definition) is 4. The number of rotatable bonds is 4. The predicted molar refractivity (Wildman–Crippen MR) is 139 cm³/mol. The van der Waals surface area contributed by atoms with E-state index in [1.165, 1.54) is 16.9 Å². The highest BCUT2D eigenvalue weighted by Gasteiger charge is 2.21. The predicted octanol–water partition coefficient (Wildman–Crippen LogP) is 7.08. The van der Waals surface area contributed by atoms with Gasteiger partial charge in [-0.2, -0.15) is 0 Å². The fourth-order valence-corrected chi connectivity index (χ4v) is 4.85. The second-order valence-corrected chi connectivity index (χ2v) is 9.13. The Hall–Kier alpha value is -3.96. The van der Waals surface area contributed by atoms with E-state index in [4.69, 9.17) is 10.7 Å². The number of pyridine rings is 1. The summed E-state index contributed by atoms with van der Waals surface area (Å²) in [7, 11) is 0. The monoisotopic (exact) mass is 449 g/mol. The molecule has 0 unspecified atom stereocenters. The molecule has 162 valence electrons. The maximum Gasteiger partial charge on any atom is 0.267 e. The summed E-state index contributed by atoms with van der Waals surface area (Å²) in [6.07, 6.45) is 0. The van der Waals surface area contributed by atoms with Crippen molar-refractivity contribution in [2.75, 3.05) is 11.1 Å². The number of fused-ring (bicyclic) bond motifs is 1. The summed E-state index contributed by atoms with van der Waals surface area (Å²) < 4.78 is 0. The molecule has 0 spiro atoms. The molecule has 0 aliphatic heterocycles. The number of nitrogen functional groups attached to an aromatic ring is 1. The van der Waals surface area contributed by atoms with E-state index >= 15 is 0 Å². The summed E-state index contributed by atoms with van der Waals surface area (Å²) in [5.74, 6) is -0.227. The number of nitrogens with zero attached hydrogens (tertiary/aromatic N) is 1. The lowest BCUT2D eigenvalue weighted by Crippen LogP contribution is -2.11. The molecular formula is C28H23N3OS. The van der Waals surface area contributed by atoms with E-state index in [1.807, 2.05) is 49.4 Å². The van der Waals surface area contributed by atoms with Crippen LogP contribution in [-0.2, 0) is 0 Å². The Bertz CT molecular complexity index is 1450. The quantitative estimate of drug-likeness (QED) is 0.308. The molecule has 5 rings (SSSR count). The average Bonchev–Trinajstić information content (AvgIpc) is 3.17. The van der Waals surface area contributed by atoms with E-state index < -0.39 is 0 Å². The third kappa shape index (κ3) is 4.11. The van der Waals surface area contributed by atoms with Gasteiger partial charge >= 0.3 is 0 Å². The number of aromatic nitrogens is 1. The molecule has 2 aromatic heterocycles. The van der Waals surface area contributed by atoms with Crippen molar-refractivity contribution in [3.63, 3.8) is 0 Å². The van der Waals surface area contributed by atoms with E-state index in [1.54, 1.807) is 0 Å². The lowest BCUT2D eigenvalue weighted by atomic mass is 9.99. The normalized spacial score (nSPS) is 11.0. The van der Waals surface area contributed by atoms with Gasteiger partial charge in [0.25, 0.3) is 5.91 Å². The third-order valence-electron chi connectivity index (χ3n) is 5.65. The first kappa shape index (κ1) is 20.9. The van der Waals surface area contributed by atoms with Gasteiger partial charge in [0.05, 0.1) is 11.4 Å². The average molecular weight is 450 g/mol. The number of nitrogens with one attached hydrogen (secondary N) is 1. The van der Waals surface area contributed by atoms with Crippen molar-refractivity contribution in [2.45, 2.75) is 13.8 Å². The number of anilines is 2. The molecule has 2 heterocycles. The summed E-state index contributed by atoms with van der Waals surface area (Å²) in [4.78, 5) is 19.2. The Labute approximate surface area is 196 Å². The van der Waals surface area contributed by atoms with Gasteiger partial charge < -0.3 is 11.1 Å². The lowest BCUT2D eigenvalue weighted by molar-refractivity contribution is 0.103. The van der Waals surface area contributed by atoms with Crippen LogP contribution < -0.4 is 11.1 Å². The van der Waals surface area contributed by atoms with Crippen LogP contribution in [0.4, 0.5) is 11.4 Å². The van der Waals surface area contributed by atoms with Crippen molar-refractivity contribution in [3.8, 4) is 22.4 Å². The van der Waals surface area contributed by atoms with Crippen molar-refractivity contribution in [1.29, 1.82) is 0 Å². The molecule has 33 heavy (non-hydrogen) atoms. The minimum absolute atomic E-state index is 0.227. The van der Waals surface area contributed by atoms with E-state index in [0.29, 0.717) is 10.6 Å². The number of carbonyl (C=O) groups excluding carboxylic acids is 1. The minimum Gasteiger partial charge on any atom is -0.397 e. The molecule has 3 aromatic carbocycles. The van der Waals surface area contributed by atoms with E-state index in [2.05, 4.69) is 54.7 Å². The van der Waals surface area contributed by atoms with Gasteiger partial charge in [0.2, 0.25) is 0 Å². The topological polar surface area (TPSA) is 68.0 Å². The van der Waals surface area contributed by atoms with Crippen molar-refractivity contribution in [1.82, 2.24) is 4.98 Å². The largest absolute Gasteiger partial charge is 0.397 e. The number of amides is 1. The molecule has 0 aliphatic rings. The zero-order chi connectivity index (χ0) is 22.9. The van der Waals surface area contributed by atoms with Crippen LogP contribution in [0, 0.1) is 13.8 Å². The van der Waals surface area contributed by atoms with Crippen LogP contribution in [0.5, 0.6) is 0 Å². The van der Waals surface area contributed by atoms with Gasteiger partial charge in [0.1, 0.15) is 9.71 Å². The fraction of sp³-hybridized carbons (Fsp3) is 0.0714. The lowest BCUT2D eigenvalue weighted by Gasteiger charge is -2.09. The van der Waals surface area contributed by atoms with Crippen LogP contribution in [0.25, 0.3) is 32.6 Å². The van der Waals surface area contributed by atoms with Gasteiger partial charge in [0, 0.05) is 16.6 Å². The number of thiophene rings is 1. The van der Waals surface area contributed by atoms with Crippen LogP contribution in [0.3, 0.4) is 0 Å². The molecule has 5 aromatic rings. The van der Waals surface area contributed by atoms with Crippen LogP contribution in [0.2, 0.25) is 0 Å². The van der Waals surface area contributed by atoms with E-state index in [-0.39, 0.29) is 5.91 Å². The molecule has 0 radical (unpaired) electrons. The smallest absolute Gasteiger partial charge is 0.267 e. The molecule has 0 fully saturated rings. The van der Waals surface area contributed by atoms with Gasteiger partial charge in [-0.3, -0.25) is 4.79 Å². The van der Waals surface area contributed by atoms with Gasteiger partial charge in [0.15, 0.2) is 0 Å². The molecular weight excluding hydrogens is 426 g/mol. The number of nitrogens with two attached hydrogens (primary N) is 1. The molecule has 5 heteroatoms. The van der Waals surface area contributed by atoms with Crippen LogP contribution in [0.1, 0.15) is 20.8 Å². The summed E-state index contributed by atoms with van der Waals surface area (Å²) in [6, 6.07) is 28.2. The standard InChI is InChI=1S/C28H23N3OS/c1-17-8-12-20(13-9-17)23-16-22(19-6-4-3-5-7-19)24-25(29)26(33-28(24)31-23)27(32)30-21-14-10-18(2)11-15-21/h3-16H,29H2,1-2H3,(H,30,32). The first-order valence-corrected chi connectivity index (χ1v) is 11.5. The molecule has 3 N–H and O–H groups in total. The molecule has 0 saturated carbocycles. The SMILES string of the molecule is Cc1ccc(NC(=O)c2sc3nc(-c4ccc(C)cc4)cc(-c4ccccc4)c3c2N)cc1. The molecule has 0 saturated heterocycles. The highest BCUT2D eigenvalue weighted by molar-refractivity contribution is 7.21. The van der Waals surface area contributed by atoms with Crippen molar-refractivity contribution in [3.05, 3.63) is 101 Å². The number of aryl methyl sites for hydroxylation is 2. The maximum atomic E-state index is 13.1. The molecule has 0 atom stereocenters. The van der Waals surface area contributed by atoms with Crippen molar-refractivity contribution >= 4 is 38.8 Å². The fourth-order valence-electron chi connectivity index (χ4n) is 3.83. The van der Waals surface area contributed by atoms with Crippen LogP contribution in [0.15, 0.2) is 84.9 Å². The van der Waals surface area contributed by atoms with Gasteiger partial charge in [-0.15, -0.1) is 11.3 Å². The Morgan fingerprint density at radius 1 is 0.848 bits per heavy atom. The first-order chi connectivity index (χ1) is 16.0. The van der Waals surface area contributed by atoms with Crippen LogP contribution in [-0.4, -0.2) is 10.9 Å². The number of benzene rings is 3. The highest BCUT2D eigenvalue weighted by atomic mass is 32.1. The summed E-state index contributed by atoms with van der Waals surface area (Å²) in [6.45, 7) is 4.08. The Balaban J connectivity index is 1.65. The maximum absolute atomic E-state index is 13.1. The summed E-state index contributed by atoms with van der Waals surface area (Å²) in [5.41, 5.74) is 14.0. The van der Waals surface area contributed by atoms with Crippen LogP contribution >= 0.6 is 11.3 Å². The van der Waals surface area contributed by atoms with Crippen molar-refractivity contribution < 1.29 is 4.79 Å². The molecule has 0 bridgehead atoms. The second-order valence-electron chi connectivity index (χ2n) is 8.13. The highest BCUT2D eigenvalue weighted by Crippen LogP contribution is 2.41. The molecule has 1 amide bonds. The number of hydrogen-bond donors (Lipinski definition) is 2. The Morgan fingerprint density at radius 2 is 1.48 bits per heavy atom. The zero-order valence-corrected chi connectivity index (χ0v) is 19.2. The van der Waals surface area contributed by atoms with Gasteiger partial charge in [-0.05, 0) is 43.2 Å². The molecule has 4 nitrogen and oxygen atoms in total. The second kappa shape index (κ2) is 8.52. The van der Waals surface area contributed by atoms with E-state index in [0.717, 1.165) is 43.9 Å². The summed E-state index contributed by atoms with van der Waals surface area (Å²) >= 11 is 1.33. The molecule has 0 aliphatic carbocycles.